The molecule has 1 aliphatic rings. The van der Waals surface area contributed by atoms with E-state index in [1.165, 1.54) is 11.6 Å². The molecule has 0 amide bonds. The summed E-state index contributed by atoms with van der Waals surface area (Å²) in [5.74, 6) is -0.0431. The van der Waals surface area contributed by atoms with E-state index < -0.39 is 0 Å². The van der Waals surface area contributed by atoms with Crippen molar-refractivity contribution in [1.82, 2.24) is 0 Å². The first-order chi connectivity index (χ1) is 5.38. The van der Waals surface area contributed by atoms with Crippen LogP contribution in [0.25, 0.3) is 0 Å². The Hall–Kier alpha value is 2.76. The minimum absolute atomic E-state index is 0. The van der Waals surface area contributed by atoms with Gasteiger partial charge in [-0.15, -0.1) is 0 Å². The summed E-state index contributed by atoms with van der Waals surface area (Å²) < 4.78 is 13.1. The number of hydrogen-bond acceptors (Lipinski definition) is 0. The summed E-state index contributed by atoms with van der Waals surface area (Å²) in [5, 5.41) is 0. The number of rotatable bonds is 0. The summed E-state index contributed by atoms with van der Waals surface area (Å²) in [5.41, 5.74) is 2.09. The maximum atomic E-state index is 13.1. The Labute approximate surface area is 177 Å². The van der Waals surface area contributed by atoms with Crippen LogP contribution in [0, 0.1) is 12.2 Å². The number of fused-ring (bicyclic) bond motifs is 1. The van der Waals surface area contributed by atoms with Gasteiger partial charge in [0, 0.05) is 0 Å². The second-order valence-corrected chi connectivity index (χ2v) is 2.91. The number of benzene rings is 1. The second kappa shape index (κ2) is 7.94. The first kappa shape index (κ1) is 15.8. The number of aryl methyl sites for hydroxylation is 1. The fourth-order valence-corrected chi connectivity index (χ4v) is 1.57. The van der Waals surface area contributed by atoms with E-state index in [0.717, 1.165) is 24.8 Å². The molecule has 0 saturated carbocycles. The predicted octanol–water partition coefficient (Wildman–Crippen LogP) is -3.47. The SMILES string of the molecule is Fc1cccc2c1C[CH-]CC2.[Rb+].[Rb+]. The van der Waals surface area contributed by atoms with Gasteiger partial charge in [0.2, 0.25) is 0 Å². The van der Waals surface area contributed by atoms with Crippen LogP contribution < -0.4 is 116 Å². The molecule has 1 aromatic carbocycles. The van der Waals surface area contributed by atoms with Crippen LogP contribution in [0.3, 0.4) is 0 Å². The van der Waals surface area contributed by atoms with Crippen molar-refractivity contribution in [2.75, 3.05) is 0 Å². The summed E-state index contributed by atoms with van der Waals surface area (Å²) in [4.78, 5) is 0. The third-order valence-corrected chi connectivity index (χ3v) is 2.18. The van der Waals surface area contributed by atoms with Gasteiger partial charge in [0.1, 0.15) is 5.82 Å². The van der Waals surface area contributed by atoms with Crippen molar-refractivity contribution < 1.29 is 121 Å². The van der Waals surface area contributed by atoms with Crippen molar-refractivity contribution >= 4 is 0 Å². The molecule has 13 heavy (non-hydrogen) atoms. The normalized spacial score (nSPS) is 13.6. The molecule has 0 atom stereocenters. The Balaban J connectivity index is 0.000000720. The van der Waals surface area contributed by atoms with Gasteiger partial charge in [-0.1, -0.05) is 18.6 Å². The van der Waals surface area contributed by atoms with Crippen molar-refractivity contribution in [2.24, 2.45) is 0 Å². The molecule has 0 spiro atoms. The molecule has 0 N–H and O–H groups in total. The van der Waals surface area contributed by atoms with Crippen molar-refractivity contribution in [3.63, 3.8) is 0 Å². The van der Waals surface area contributed by atoms with Crippen molar-refractivity contribution in [3.05, 3.63) is 41.6 Å². The quantitative estimate of drug-likeness (QED) is 0.436. The molecule has 1 aromatic rings. The Morgan fingerprint density at radius 2 is 2.00 bits per heavy atom. The predicted molar refractivity (Wildman–Crippen MR) is 42.7 cm³/mol. The van der Waals surface area contributed by atoms with Gasteiger partial charge < -0.3 is 6.42 Å². The Bertz CT molecular complexity index is 274. The Morgan fingerprint density at radius 3 is 2.69 bits per heavy atom. The maximum absolute atomic E-state index is 13.1. The van der Waals surface area contributed by atoms with Crippen LogP contribution in [0.4, 0.5) is 4.39 Å². The van der Waals surface area contributed by atoms with Gasteiger partial charge in [0.15, 0.2) is 0 Å². The summed E-state index contributed by atoms with van der Waals surface area (Å²) in [6, 6.07) is 5.35. The molecule has 0 aliphatic heterocycles. The van der Waals surface area contributed by atoms with Gasteiger partial charge in [0.05, 0.1) is 0 Å². The fraction of sp³-hybridized carbons (Fsp3) is 0.300. The smallest absolute Gasteiger partial charge is 0.324 e. The van der Waals surface area contributed by atoms with E-state index in [2.05, 4.69) is 6.42 Å². The van der Waals surface area contributed by atoms with Crippen LogP contribution in [0.15, 0.2) is 18.2 Å². The zero-order chi connectivity index (χ0) is 7.68. The van der Waals surface area contributed by atoms with Gasteiger partial charge in [-0.2, -0.15) is 12.8 Å². The van der Waals surface area contributed by atoms with Crippen LogP contribution in [0.5, 0.6) is 0 Å². The molecule has 0 aromatic heterocycles. The van der Waals surface area contributed by atoms with Gasteiger partial charge in [-0.3, -0.25) is 0 Å². The molecule has 1 aliphatic carbocycles. The van der Waals surface area contributed by atoms with Crippen molar-refractivity contribution in [3.8, 4) is 0 Å². The summed E-state index contributed by atoms with van der Waals surface area (Å²) in [7, 11) is 0. The minimum Gasteiger partial charge on any atom is -0.324 e. The minimum atomic E-state index is -0.0431. The topological polar surface area (TPSA) is 0 Å². The molecular weight excluding hydrogens is 310 g/mol. The summed E-state index contributed by atoms with van der Waals surface area (Å²) in [6.45, 7) is 0. The summed E-state index contributed by atoms with van der Waals surface area (Å²) in [6.07, 6.45) is 5.05. The van der Waals surface area contributed by atoms with Gasteiger partial charge in [-0.05, 0) is 17.2 Å². The van der Waals surface area contributed by atoms with Crippen LogP contribution in [-0.4, -0.2) is 0 Å². The van der Waals surface area contributed by atoms with E-state index in [1.807, 2.05) is 6.07 Å². The Kier molecular flexibility index (Phi) is 9.63. The third-order valence-electron chi connectivity index (χ3n) is 2.18. The molecular formula is C10H10FRb2+. The van der Waals surface area contributed by atoms with Crippen LogP contribution in [-0.2, 0) is 12.8 Å². The molecule has 0 saturated heterocycles. The van der Waals surface area contributed by atoms with E-state index in [4.69, 9.17) is 0 Å². The monoisotopic (exact) mass is 319 g/mol. The first-order valence-corrected chi connectivity index (χ1v) is 3.96. The molecule has 2 rings (SSSR count). The third kappa shape index (κ3) is 4.26. The van der Waals surface area contributed by atoms with E-state index in [1.54, 1.807) is 6.07 Å². The van der Waals surface area contributed by atoms with E-state index in [-0.39, 0.29) is 122 Å². The number of hydrogen-bond donors (Lipinski definition) is 0. The van der Waals surface area contributed by atoms with Crippen LogP contribution in [0.2, 0.25) is 0 Å². The fourth-order valence-electron chi connectivity index (χ4n) is 1.57. The van der Waals surface area contributed by atoms with E-state index in [9.17, 15) is 4.39 Å². The average molecular weight is 320 g/mol. The van der Waals surface area contributed by atoms with Crippen LogP contribution >= 0.6 is 0 Å². The molecule has 3 heteroatoms. The maximum Gasteiger partial charge on any atom is 1.00 e. The molecule has 58 valence electrons. The zero-order valence-corrected chi connectivity index (χ0v) is 18.1. The molecule has 0 nitrogen and oxygen atoms in total. The standard InChI is InChI=1S/C10H10F.2Rb/c11-10-7-3-5-8-4-1-2-6-9(8)10;;/h2-3,5,7H,1,4,6H2;;/q-1;2*+1. The molecule has 0 unspecified atom stereocenters. The van der Waals surface area contributed by atoms with Gasteiger partial charge >= 0.3 is 116 Å². The molecule has 0 bridgehead atoms. The average Bonchev–Trinajstić information content (AvgIpc) is 2.06. The van der Waals surface area contributed by atoms with Crippen molar-refractivity contribution in [2.45, 2.75) is 19.3 Å². The van der Waals surface area contributed by atoms with Gasteiger partial charge in [-0.25, -0.2) is 4.39 Å². The largest absolute Gasteiger partial charge is 1.00 e. The van der Waals surface area contributed by atoms with Gasteiger partial charge in [0.25, 0.3) is 0 Å². The van der Waals surface area contributed by atoms with E-state index in [0.29, 0.717) is 0 Å². The number of halogens is 1. The second-order valence-electron chi connectivity index (χ2n) is 2.91. The Morgan fingerprint density at radius 1 is 1.23 bits per heavy atom. The van der Waals surface area contributed by atoms with Crippen LogP contribution in [0.1, 0.15) is 17.5 Å². The van der Waals surface area contributed by atoms with Crippen molar-refractivity contribution in [1.29, 1.82) is 0 Å². The molecule has 0 radical (unpaired) electrons. The molecule has 0 heterocycles. The van der Waals surface area contributed by atoms with E-state index >= 15 is 0 Å². The summed E-state index contributed by atoms with van der Waals surface area (Å²) >= 11 is 0. The zero-order valence-electron chi connectivity index (χ0n) is 8.31. The molecule has 0 fully saturated rings. The first-order valence-electron chi connectivity index (χ1n) is 3.96.